The van der Waals surface area contributed by atoms with E-state index in [0.717, 1.165) is 21.9 Å². The summed E-state index contributed by atoms with van der Waals surface area (Å²) in [5.74, 6) is -0.728. The molecule has 0 aliphatic rings. The van der Waals surface area contributed by atoms with Crippen molar-refractivity contribution in [2.75, 3.05) is 6.61 Å². The molecule has 4 aromatic carbocycles. The molecule has 28 heavy (non-hydrogen) atoms. The first-order chi connectivity index (χ1) is 13.7. The molecule has 0 aliphatic heterocycles. The van der Waals surface area contributed by atoms with Crippen LogP contribution in [0.4, 0.5) is 0 Å². The number of ether oxygens (including phenoxy) is 1. The largest absolute Gasteiger partial charge is 0.454 e. The predicted molar refractivity (Wildman–Crippen MR) is 110 cm³/mol. The molecule has 136 valence electrons. The summed E-state index contributed by atoms with van der Waals surface area (Å²) in [4.78, 5) is 24.7. The lowest BCUT2D eigenvalue weighted by Crippen LogP contribution is -2.14. The van der Waals surface area contributed by atoms with E-state index < -0.39 is 5.97 Å². The highest BCUT2D eigenvalue weighted by atomic mass is 16.5. The van der Waals surface area contributed by atoms with Crippen LogP contribution in [0.5, 0.6) is 0 Å². The third-order valence-electron chi connectivity index (χ3n) is 4.63. The van der Waals surface area contributed by atoms with E-state index in [4.69, 9.17) is 4.74 Å². The van der Waals surface area contributed by atoms with E-state index in [2.05, 4.69) is 0 Å². The van der Waals surface area contributed by atoms with Crippen LogP contribution in [0.2, 0.25) is 0 Å². The van der Waals surface area contributed by atoms with E-state index in [9.17, 15) is 9.59 Å². The van der Waals surface area contributed by atoms with Gasteiger partial charge in [0.15, 0.2) is 12.4 Å². The van der Waals surface area contributed by atoms with E-state index in [0.29, 0.717) is 11.1 Å². The summed E-state index contributed by atoms with van der Waals surface area (Å²) in [6, 6.07) is 30.4. The standard InChI is InChI=1S/C25H18O3/c26-24(21-13-10-20(11-14-21)18-6-2-1-3-7-18)17-28-25(27)23-15-12-19-8-4-5-9-22(19)16-23/h1-16H,17H2. The molecular formula is C25H18O3. The number of carbonyl (C=O) groups excluding carboxylic acids is 2. The first-order valence-electron chi connectivity index (χ1n) is 9.05. The van der Waals surface area contributed by atoms with Crippen molar-refractivity contribution in [3.05, 3.63) is 108 Å². The maximum Gasteiger partial charge on any atom is 0.338 e. The molecule has 0 saturated carbocycles. The zero-order chi connectivity index (χ0) is 19.3. The fourth-order valence-electron chi connectivity index (χ4n) is 3.09. The number of Topliss-reactive ketones (excluding diaryl/α,β-unsaturated/α-hetero) is 1. The van der Waals surface area contributed by atoms with Gasteiger partial charge in [0.2, 0.25) is 0 Å². The van der Waals surface area contributed by atoms with Crippen LogP contribution < -0.4 is 0 Å². The van der Waals surface area contributed by atoms with E-state index >= 15 is 0 Å². The topological polar surface area (TPSA) is 43.4 Å². The molecule has 0 radical (unpaired) electrons. The van der Waals surface area contributed by atoms with Crippen LogP contribution in [-0.4, -0.2) is 18.4 Å². The molecule has 0 saturated heterocycles. The van der Waals surface area contributed by atoms with Gasteiger partial charge in [-0.25, -0.2) is 4.79 Å². The molecule has 0 fully saturated rings. The highest BCUT2D eigenvalue weighted by Crippen LogP contribution is 2.20. The fourth-order valence-corrected chi connectivity index (χ4v) is 3.09. The van der Waals surface area contributed by atoms with Gasteiger partial charge >= 0.3 is 5.97 Å². The molecule has 0 atom stereocenters. The Labute approximate surface area is 163 Å². The first kappa shape index (κ1) is 17.7. The molecule has 0 unspecified atom stereocenters. The van der Waals surface area contributed by atoms with Crippen LogP contribution in [0, 0.1) is 0 Å². The van der Waals surface area contributed by atoms with E-state index in [1.54, 1.807) is 24.3 Å². The summed E-state index contributed by atoms with van der Waals surface area (Å²) in [7, 11) is 0. The minimum absolute atomic E-state index is 0.228. The van der Waals surface area contributed by atoms with Gasteiger partial charge in [-0.15, -0.1) is 0 Å². The number of ketones is 1. The van der Waals surface area contributed by atoms with Crippen molar-refractivity contribution in [3.63, 3.8) is 0 Å². The molecule has 4 aromatic rings. The van der Waals surface area contributed by atoms with E-state index in [1.807, 2.05) is 72.8 Å². The van der Waals surface area contributed by atoms with Crippen molar-refractivity contribution in [1.82, 2.24) is 0 Å². The van der Waals surface area contributed by atoms with Crippen molar-refractivity contribution in [1.29, 1.82) is 0 Å². The number of benzene rings is 4. The number of esters is 1. The highest BCUT2D eigenvalue weighted by molar-refractivity contribution is 6.00. The lowest BCUT2D eigenvalue weighted by atomic mass is 10.0. The lowest BCUT2D eigenvalue weighted by molar-refractivity contribution is 0.0475. The molecule has 0 spiro atoms. The van der Waals surface area contributed by atoms with Gasteiger partial charge in [-0.2, -0.15) is 0 Å². The lowest BCUT2D eigenvalue weighted by Gasteiger charge is -2.07. The molecule has 3 nitrogen and oxygen atoms in total. The summed E-state index contributed by atoms with van der Waals surface area (Å²) >= 11 is 0. The maximum atomic E-state index is 12.4. The molecule has 0 N–H and O–H groups in total. The van der Waals surface area contributed by atoms with Crippen LogP contribution in [0.25, 0.3) is 21.9 Å². The average molecular weight is 366 g/mol. The number of carbonyl (C=O) groups is 2. The smallest absolute Gasteiger partial charge is 0.338 e. The minimum Gasteiger partial charge on any atom is -0.454 e. The van der Waals surface area contributed by atoms with Crippen LogP contribution in [-0.2, 0) is 4.74 Å². The molecular weight excluding hydrogens is 348 g/mol. The van der Waals surface area contributed by atoms with Crippen LogP contribution >= 0.6 is 0 Å². The molecule has 0 heterocycles. The first-order valence-corrected chi connectivity index (χ1v) is 9.05. The second kappa shape index (κ2) is 7.89. The van der Waals surface area contributed by atoms with E-state index in [-0.39, 0.29) is 12.4 Å². The number of hydrogen-bond acceptors (Lipinski definition) is 3. The maximum absolute atomic E-state index is 12.4. The van der Waals surface area contributed by atoms with Crippen LogP contribution in [0.1, 0.15) is 20.7 Å². The minimum atomic E-state index is -0.500. The van der Waals surface area contributed by atoms with Gasteiger partial charge < -0.3 is 4.74 Å². The quantitative estimate of drug-likeness (QED) is 0.344. The highest BCUT2D eigenvalue weighted by Gasteiger charge is 2.12. The van der Waals surface area contributed by atoms with Crippen LogP contribution in [0.15, 0.2) is 97.1 Å². The molecule has 0 aliphatic carbocycles. The van der Waals surface area contributed by atoms with E-state index in [1.165, 1.54) is 0 Å². The molecule has 0 amide bonds. The fraction of sp³-hybridized carbons (Fsp3) is 0.0400. The van der Waals surface area contributed by atoms with Crippen molar-refractivity contribution in [3.8, 4) is 11.1 Å². The number of hydrogen-bond donors (Lipinski definition) is 0. The summed E-state index contributed by atoms with van der Waals surface area (Å²) in [5, 5.41) is 2.01. The van der Waals surface area contributed by atoms with Gasteiger partial charge in [-0.1, -0.05) is 84.9 Å². The van der Waals surface area contributed by atoms with Crippen LogP contribution in [0.3, 0.4) is 0 Å². The molecule has 4 rings (SSSR count). The average Bonchev–Trinajstić information content (AvgIpc) is 2.77. The van der Waals surface area contributed by atoms with Gasteiger partial charge in [0.05, 0.1) is 5.56 Å². The Morgan fingerprint density at radius 1 is 0.607 bits per heavy atom. The monoisotopic (exact) mass is 366 g/mol. The van der Waals surface area contributed by atoms with Gasteiger partial charge in [0.1, 0.15) is 0 Å². The van der Waals surface area contributed by atoms with Crippen molar-refractivity contribution >= 4 is 22.5 Å². The Morgan fingerprint density at radius 3 is 1.96 bits per heavy atom. The van der Waals surface area contributed by atoms with Gasteiger partial charge in [-0.05, 0) is 34.0 Å². The number of rotatable bonds is 5. The summed E-state index contributed by atoms with van der Waals surface area (Å²) < 4.78 is 5.22. The normalized spacial score (nSPS) is 10.6. The summed E-state index contributed by atoms with van der Waals surface area (Å²) in [6.07, 6.45) is 0. The zero-order valence-corrected chi connectivity index (χ0v) is 15.2. The van der Waals surface area contributed by atoms with Crippen molar-refractivity contribution in [2.24, 2.45) is 0 Å². The zero-order valence-electron chi connectivity index (χ0n) is 15.2. The van der Waals surface area contributed by atoms with Gasteiger partial charge in [-0.3, -0.25) is 4.79 Å². The molecule has 0 bridgehead atoms. The molecule has 3 heteroatoms. The third-order valence-corrected chi connectivity index (χ3v) is 4.63. The SMILES string of the molecule is O=C(COC(=O)c1ccc2ccccc2c1)c1ccc(-c2ccccc2)cc1. The predicted octanol–water partition coefficient (Wildman–Crippen LogP) is 5.55. The Morgan fingerprint density at radius 2 is 1.21 bits per heavy atom. The van der Waals surface area contributed by atoms with Crippen molar-refractivity contribution in [2.45, 2.75) is 0 Å². The Kier molecular flexibility index (Phi) is 4.98. The van der Waals surface area contributed by atoms with Gasteiger partial charge in [0, 0.05) is 5.56 Å². The second-order valence-corrected chi connectivity index (χ2v) is 6.50. The number of fused-ring (bicyclic) bond motifs is 1. The van der Waals surface area contributed by atoms with Gasteiger partial charge in [0.25, 0.3) is 0 Å². The second-order valence-electron chi connectivity index (χ2n) is 6.50. The Balaban J connectivity index is 1.41. The summed E-state index contributed by atoms with van der Waals surface area (Å²) in [5.41, 5.74) is 3.08. The van der Waals surface area contributed by atoms with Crippen molar-refractivity contribution < 1.29 is 14.3 Å². The molecule has 0 aromatic heterocycles. The Bertz CT molecular complexity index is 1130. The third kappa shape index (κ3) is 3.84. The Hall–Kier alpha value is -3.72. The summed E-state index contributed by atoms with van der Waals surface area (Å²) in [6.45, 7) is -0.281.